The molecule has 266 valence electrons. The summed E-state index contributed by atoms with van der Waals surface area (Å²) in [6.07, 6.45) is 35.1. The molecule has 46 heavy (non-hydrogen) atoms. The minimum atomic E-state index is -0.309. The van der Waals surface area contributed by atoms with E-state index in [1.807, 2.05) is 0 Å². The Balaban J connectivity index is 2.20. The normalized spacial score (nSPS) is 11.2. The Labute approximate surface area is 283 Å². The maximum atomic E-state index is 12.6. The number of carbonyl (C=O) groups excluding carboxylic acids is 2. The number of esters is 2. The van der Waals surface area contributed by atoms with E-state index in [0.29, 0.717) is 35.4 Å². The monoisotopic (exact) mass is 646 g/mol. The fourth-order valence-electron chi connectivity index (χ4n) is 6.08. The van der Waals surface area contributed by atoms with Crippen LogP contribution in [-0.2, 0) is 27.5 Å². The third kappa shape index (κ3) is 22.6. The van der Waals surface area contributed by atoms with Gasteiger partial charge in [0.2, 0.25) is 0 Å². The first-order chi connectivity index (χ1) is 22.5. The fraction of sp³-hybridized carbons (Fsp3) is 0.825. The van der Waals surface area contributed by atoms with Crippen molar-refractivity contribution >= 4 is 11.9 Å². The van der Waals surface area contributed by atoms with Gasteiger partial charge in [-0.05, 0) is 19.8 Å². The van der Waals surface area contributed by atoms with Crippen molar-refractivity contribution < 1.29 is 24.2 Å². The summed E-state index contributed by atoms with van der Waals surface area (Å²) in [7, 11) is 0. The zero-order valence-corrected chi connectivity index (χ0v) is 30.3. The minimum absolute atomic E-state index is 0.0177. The van der Waals surface area contributed by atoms with E-state index in [-0.39, 0.29) is 25.2 Å². The van der Waals surface area contributed by atoms with Gasteiger partial charge >= 0.3 is 11.9 Å². The number of aromatic nitrogens is 1. The van der Waals surface area contributed by atoms with Gasteiger partial charge in [-0.1, -0.05) is 168 Å². The van der Waals surface area contributed by atoms with E-state index in [1.54, 1.807) is 13.1 Å². The van der Waals surface area contributed by atoms with E-state index in [9.17, 15) is 14.7 Å². The maximum absolute atomic E-state index is 12.6. The average Bonchev–Trinajstić information content (AvgIpc) is 3.05. The topological polar surface area (TPSA) is 85.7 Å². The van der Waals surface area contributed by atoms with Gasteiger partial charge in [0.15, 0.2) is 5.75 Å². The molecule has 6 nitrogen and oxygen atoms in total. The molecule has 0 atom stereocenters. The maximum Gasteiger partial charge on any atom is 0.311 e. The van der Waals surface area contributed by atoms with Gasteiger partial charge in [-0.3, -0.25) is 14.6 Å². The van der Waals surface area contributed by atoms with E-state index in [4.69, 9.17) is 9.47 Å². The lowest BCUT2D eigenvalue weighted by Crippen LogP contribution is -2.13. The zero-order valence-electron chi connectivity index (χ0n) is 30.3. The van der Waals surface area contributed by atoms with Gasteiger partial charge in [-0.15, -0.1) is 0 Å². The highest BCUT2D eigenvalue weighted by atomic mass is 16.5. The molecule has 0 aromatic carbocycles. The van der Waals surface area contributed by atoms with E-state index in [0.717, 1.165) is 38.5 Å². The fourth-order valence-corrected chi connectivity index (χ4v) is 6.08. The molecule has 0 aliphatic rings. The summed E-state index contributed by atoms with van der Waals surface area (Å²) < 4.78 is 11.2. The lowest BCUT2D eigenvalue weighted by molar-refractivity contribution is -0.145. The van der Waals surface area contributed by atoms with E-state index in [1.165, 1.54) is 128 Å². The molecule has 0 bridgehead atoms. The van der Waals surface area contributed by atoms with Crippen LogP contribution in [-0.4, -0.2) is 22.0 Å². The van der Waals surface area contributed by atoms with Crippen molar-refractivity contribution in [2.75, 3.05) is 0 Å². The van der Waals surface area contributed by atoms with Crippen LogP contribution in [0.1, 0.15) is 210 Å². The van der Waals surface area contributed by atoms with Gasteiger partial charge in [-0.2, -0.15) is 0 Å². The molecule has 0 unspecified atom stereocenters. The van der Waals surface area contributed by atoms with Crippen molar-refractivity contribution in [3.05, 3.63) is 23.0 Å². The molecular formula is C40H71NO5. The number of hydrogen-bond acceptors (Lipinski definition) is 6. The van der Waals surface area contributed by atoms with Gasteiger partial charge < -0.3 is 14.6 Å². The molecule has 1 aromatic heterocycles. The number of unbranched alkanes of at least 4 members (excludes halogenated alkanes) is 24. The Morgan fingerprint density at radius 1 is 0.587 bits per heavy atom. The van der Waals surface area contributed by atoms with Gasteiger partial charge in [0.25, 0.3) is 0 Å². The zero-order chi connectivity index (χ0) is 33.5. The first kappa shape index (κ1) is 42.1. The van der Waals surface area contributed by atoms with Gasteiger partial charge in [0.05, 0.1) is 12.3 Å². The molecule has 0 aliphatic heterocycles. The van der Waals surface area contributed by atoms with Crippen LogP contribution in [0.3, 0.4) is 0 Å². The van der Waals surface area contributed by atoms with Crippen LogP contribution in [0, 0.1) is 6.92 Å². The predicted octanol–water partition coefficient (Wildman–Crippen LogP) is 11.8. The second-order valence-corrected chi connectivity index (χ2v) is 13.5. The molecule has 0 fully saturated rings. The molecule has 0 spiro atoms. The predicted molar refractivity (Wildman–Crippen MR) is 191 cm³/mol. The van der Waals surface area contributed by atoms with Gasteiger partial charge in [0, 0.05) is 30.2 Å². The molecule has 1 N–H and O–H groups in total. The van der Waals surface area contributed by atoms with E-state index >= 15 is 0 Å². The van der Waals surface area contributed by atoms with Crippen LogP contribution in [0.4, 0.5) is 0 Å². The van der Waals surface area contributed by atoms with Crippen molar-refractivity contribution in [3.8, 4) is 5.75 Å². The van der Waals surface area contributed by atoms with E-state index in [2.05, 4.69) is 18.8 Å². The van der Waals surface area contributed by atoms with Crippen LogP contribution in [0.25, 0.3) is 0 Å². The molecule has 0 amide bonds. The first-order valence-electron chi connectivity index (χ1n) is 19.5. The van der Waals surface area contributed by atoms with Crippen LogP contribution >= 0.6 is 0 Å². The van der Waals surface area contributed by atoms with Crippen molar-refractivity contribution in [2.24, 2.45) is 0 Å². The van der Waals surface area contributed by atoms with Crippen LogP contribution < -0.4 is 4.74 Å². The second kappa shape index (κ2) is 30.4. The second-order valence-electron chi connectivity index (χ2n) is 13.5. The number of aliphatic hydroxyl groups excluding tert-OH is 1. The number of ether oxygens (including phenoxy) is 2. The Bertz CT molecular complexity index is 887. The summed E-state index contributed by atoms with van der Waals surface area (Å²) in [5.41, 5.74) is 1.60. The summed E-state index contributed by atoms with van der Waals surface area (Å²) in [4.78, 5) is 29.3. The first-order valence-corrected chi connectivity index (χ1v) is 19.5. The SMILES string of the molecule is CCCCCCCCCCCCCCCC(=O)OCc1cnc(C)c(OC(=O)CCCCCCCCCCCCCCC)c1CO. The number of nitrogens with zero attached hydrogens (tertiary/aromatic N) is 1. The average molecular weight is 646 g/mol. The van der Waals surface area contributed by atoms with E-state index < -0.39 is 0 Å². The Morgan fingerprint density at radius 2 is 0.957 bits per heavy atom. The van der Waals surface area contributed by atoms with Crippen molar-refractivity contribution in [2.45, 2.75) is 214 Å². The summed E-state index contributed by atoms with van der Waals surface area (Å²) in [5, 5.41) is 10.1. The third-order valence-corrected chi connectivity index (χ3v) is 9.14. The summed E-state index contributed by atoms with van der Waals surface area (Å²) >= 11 is 0. The van der Waals surface area contributed by atoms with Crippen LogP contribution in [0.15, 0.2) is 6.20 Å². The quantitative estimate of drug-likeness (QED) is 0.0620. The molecule has 0 saturated carbocycles. The number of aliphatic hydroxyl groups is 1. The van der Waals surface area contributed by atoms with Crippen LogP contribution in [0.5, 0.6) is 5.75 Å². The lowest BCUT2D eigenvalue weighted by atomic mass is 10.0. The highest BCUT2D eigenvalue weighted by Crippen LogP contribution is 2.27. The molecule has 0 radical (unpaired) electrons. The molecule has 1 heterocycles. The Morgan fingerprint density at radius 3 is 1.35 bits per heavy atom. The number of carbonyl (C=O) groups is 2. The molecule has 0 aliphatic carbocycles. The number of pyridine rings is 1. The van der Waals surface area contributed by atoms with Crippen LogP contribution in [0.2, 0.25) is 0 Å². The molecule has 1 aromatic rings. The molecule has 1 rings (SSSR count). The lowest BCUT2D eigenvalue weighted by Gasteiger charge is -2.15. The summed E-state index contributed by atoms with van der Waals surface area (Å²) in [5.74, 6) is -0.250. The highest BCUT2D eigenvalue weighted by Gasteiger charge is 2.18. The minimum Gasteiger partial charge on any atom is -0.461 e. The molecule has 0 saturated heterocycles. The Kier molecular flexibility index (Phi) is 27.8. The number of rotatable bonds is 32. The number of hydrogen-bond donors (Lipinski definition) is 1. The Hall–Kier alpha value is -1.95. The summed E-state index contributed by atoms with van der Waals surface area (Å²) in [6, 6.07) is 0. The largest absolute Gasteiger partial charge is 0.461 e. The molecule has 6 heteroatoms. The van der Waals surface area contributed by atoms with Gasteiger partial charge in [-0.25, -0.2) is 0 Å². The number of aryl methyl sites for hydroxylation is 1. The highest BCUT2D eigenvalue weighted by molar-refractivity contribution is 5.73. The van der Waals surface area contributed by atoms with Crippen molar-refractivity contribution in [3.63, 3.8) is 0 Å². The van der Waals surface area contributed by atoms with Crippen molar-refractivity contribution in [1.29, 1.82) is 0 Å². The van der Waals surface area contributed by atoms with Gasteiger partial charge in [0.1, 0.15) is 6.61 Å². The molecular weight excluding hydrogens is 574 g/mol. The summed E-state index contributed by atoms with van der Waals surface area (Å²) in [6.45, 7) is 5.99. The van der Waals surface area contributed by atoms with Crippen molar-refractivity contribution in [1.82, 2.24) is 4.98 Å². The standard InChI is InChI=1S/C40H71NO5/c1-4-6-8-10-12-14-16-18-20-22-24-26-28-30-38(43)45-34-36-32-41-35(3)40(37(36)33-42)46-39(44)31-29-27-25-23-21-19-17-15-13-11-9-7-5-2/h32,42H,4-31,33-34H2,1-3H3. The smallest absolute Gasteiger partial charge is 0.311 e. The third-order valence-electron chi connectivity index (χ3n) is 9.14.